The maximum Gasteiger partial charge on any atom is 0.248 e. The van der Waals surface area contributed by atoms with Gasteiger partial charge in [-0.15, -0.1) is 0 Å². The van der Waals surface area contributed by atoms with Crippen molar-refractivity contribution in [3.63, 3.8) is 0 Å². The van der Waals surface area contributed by atoms with E-state index in [4.69, 9.17) is 14.2 Å². The van der Waals surface area contributed by atoms with E-state index in [1.54, 1.807) is 7.11 Å². The second kappa shape index (κ2) is 6.60. The van der Waals surface area contributed by atoms with E-state index in [-0.39, 0.29) is 18.1 Å². The van der Waals surface area contributed by atoms with Crippen LogP contribution in [0.5, 0.6) is 0 Å². The maximum absolute atomic E-state index is 11.9. The van der Waals surface area contributed by atoms with E-state index in [1.807, 2.05) is 4.90 Å². The van der Waals surface area contributed by atoms with Crippen LogP contribution in [0.3, 0.4) is 0 Å². The van der Waals surface area contributed by atoms with Crippen molar-refractivity contribution in [2.75, 3.05) is 59.7 Å². The number of hydrogen-bond donors (Lipinski definition) is 0. The van der Waals surface area contributed by atoms with Gasteiger partial charge in [-0.3, -0.25) is 9.69 Å². The smallest absolute Gasteiger partial charge is 0.248 e. The van der Waals surface area contributed by atoms with Crippen molar-refractivity contribution < 1.29 is 19.0 Å². The first-order chi connectivity index (χ1) is 10.2. The average Bonchev–Trinajstić information content (AvgIpc) is 2.93. The van der Waals surface area contributed by atoms with Crippen LogP contribution < -0.4 is 0 Å². The van der Waals surface area contributed by atoms with Gasteiger partial charge in [-0.2, -0.15) is 0 Å². The molecule has 3 heterocycles. The quantitative estimate of drug-likeness (QED) is 0.740. The summed E-state index contributed by atoms with van der Waals surface area (Å²) in [6.07, 6.45) is 2.99. The van der Waals surface area contributed by atoms with Crippen LogP contribution in [0.1, 0.15) is 19.3 Å². The second-order valence-electron chi connectivity index (χ2n) is 6.31. The second-order valence-corrected chi connectivity index (χ2v) is 6.31. The molecule has 0 aromatic carbocycles. The highest BCUT2D eigenvalue weighted by Crippen LogP contribution is 2.37. The van der Waals surface area contributed by atoms with Crippen LogP contribution in [0.25, 0.3) is 0 Å². The lowest BCUT2D eigenvalue weighted by Gasteiger charge is -2.39. The number of carbonyl (C=O) groups is 1. The summed E-state index contributed by atoms with van der Waals surface area (Å²) in [5.74, 6) is 0.0927. The van der Waals surface area contributed by atoms with Gasteiger partial charge in [0.15, 0.2) is 0 Å². The third-order valence-corrected chi connectivity index (χ3v) is 5.05. The fourth-order valence-electron chi connectivity index (χ4n) is 3.72. The number of ether oxygens (including phenoxy) is 3. The molecule has 21 heavy (non-hydrogen) atoms. The molecule has 1 spiro atoms. The van der Waals surface area contributed by atoms with Gasteiger partial charge >= 0.3 is 0 Å². The maximum atomic E-state index is 11.9. The third-order valence-electron chi connectivity index (χ3n) is 5.05. The molecule has 120 valence electrons. The Hall–Kier alpha value is -0.690. The van der Waals surface area contributed by atoms with Crippen LogP contribution in [0, 0.1) is 0 Å². The zero-order chi connectivity index (χ0) is 14.7. The van der Waals surface area contributed by atoms with E-state index in [0.717, 1.165) is 65.3 Å². The van der Waals surface area contributed by atoms with Gasteiger partial charge < -0.3 is 19.1 Å². The molecular formula is C15H26N2O4. The van der Waals surface area contributed by atoms with Gasteiger partial charge in [0.1, 0.15) is 6.61 Å². The van der Waals surface area contributed by atoms with Gasteiger partial charge in [-0.05, 0) is 19.3 Å². The number of morpholine rings is 1. The molecule has 3 aliphatic rings. The molecule has 0 bridgehead atoms. The van der Waals surface area contributed by atoms with E-state index in [2.05, 4.69) is 4.90 Å². The largest absolute Gasteiger partial charge is 0.379 e. The Labute approximate surface area is 126 Å². The molecule has 1 amide bonds. The molecular weight excluding hydrogens is 272 g/mol. The third kappa shape index (κ3) is 3.39. The Morgan fingerprint density at radius 1 is 1.24 bits per heavy atom. The first-order valence-electron chi connectivity index (χ1n) is 7.95. The minimum Gasteiger partial charge on any atom is -0.379 e. The summed E-state index contributed by atoms with van der Waals surface area (Å²) in [7, 11) is 1.57. The van der Waals surface area contributed by atoms with Crippen LogP contribution in [-0.2, 0) is 19.0 Å². The fraction of sp³-hybridized carbons (Fsp3) is 0.933. The summed E-state index contributed by atoms with van der Waals surface area (Å²) < 4.78 is 16.5. The van der Waals surface area contributed by atoms with Crippen molar-refractivity contribution in [3.8, 4) is 0 Å². The minimum atomic E-state index is -0.00712. The van der Waals surface area contributed by atoms with Crippen molar-refractivity contribution in [2.45, 2.75) is 30.9 Å². The van der Waals surface area contributed by atoms with Gasteiger partial charge in [0.25, 0.3) is 0 Å². The molecule has 3 aliphatic heterocycles. The van der Waals surface area contributed by atoms with Gasteiger partial charge in [0.05, 0.1) is 25.4 Å². The predicted molar refractivity (Wildman–Crippen MR) is 77.2 cm³/mol. The highest BCUT2D eigenvalue weighted by molar-refractivity contribution is 5.77. The minimum absolute atomic E-state index is 0.00712. The Morgan fingerprint density at radius 2 is 1.95 bits per heavy atom. The fourth-order valence-corrected chi connectivity index (χ4v) is 3.72. The summed E-state index contributed by atoms with van der Waals surface area (Å²) >= 11 is 0. The first-order valence-corrected chi connectivity index (χ1v) is 7.95. The number of hydrogen-bond acceptors (Lipinski definition) is 5. The molecule has 0 aliphatic carbocycles. The molecule has 0 N–H and O–H groups in total. The van der Waals surface area contributed by atoms with E-state index in [1.165, 1.54) is 0 Å². The average molecular weight is 298 g/mol. The van der Waals surface area contributed by atoms with Crippen molar-refractivity contribution in [2.24, 2.45) is 0 Å². The standard InChI is InChI=1S/C15H26N2O4/c1-19-12-14(18)17-4-2-15(3-5-17)10-13(11-21-15)16-6-8-20-9-7-16/h13H,2-12H2,1H3. The first kappa shape index (κ1) is 15.2. The van der Waals surface area contributed by atoms with Gasteiger partial charge in [0.2, 0.25) is 5.91 Å². The van der Waals surface area contributed by atoms with E-state index in [0.29, 0.717) is 6.04 Å². The topological polar surface area (TPSA) is 51.2 Å². The highest BCUT2D eigenvalue weighted by Gasteiger charge is 2.45. The summed E-state index contributed by atoms with van der Waals surface area (Å²) in [4.78, 5) is 16.3. The highest BCUT2D eigenvalue weighted by atomic mass is 16.5. The van der Waals surface area contributed by atoms with Crippen LogP contribution >= 0.6 is 0 Å². The number of rotatable bonds is 3. The van der Waals surface area contributed by atoms with Crippen LogP contribution in [-0.4, -0.2) is 87.1 Å². The van der Waals surface area contributed by atoms with Gasteiger partial charge in [-0.1, -0.05) is 0 Å². The van der Waals surface area contributed by atoms with E-state index < -0.39 is 0 Å². The number of amides is 1. The van der Waals surface area contributed by atoms with Crippen molar-refractivity contribution in [3.05, 3.63) is 0 Å². The molecule has 0 aromatic rings. The molecule has 0 saturated carbocycles. The van der Waals surface area contributed by atoms with Crippen LogP contribution in [0.15, 0.2) is 0 Å². The van der Waals surface area contributed by atoms with Gasteiger partial charge in [-0.25, -0.2) is 0 Å². The molecule has 3 rings (SSSR count). The monoisotopic (exact) mass is 298 g/mol. The summed E-state index contributed by atoms with van der Waals surface area (Å²) in [5.41, 5.74) is -0.00712. The molecule has 6 heteroatoms. The normalized spacial score (nSPS) is 30.0. The molecule has 0 aromatic heterocycles. The Bertz CT molecular complexity index is 363. The Kier molecular flexibility index (Phi) is 4.78. The number of likely N-dealkylation sites (tertiary alicyclic amines) is 1. The lowest BCUT2D eigenvalue weighted by molar-refractivity contribution is -0.139. The summed E-state index contributed by atoms with van der Waals surface area (Å²) in [6, 6.07) is 0.523. The zero-order valence-corrected chi connectivity index (χ0v) is 12.9. The summed E-state index contributed by atoms with van der Waals surface area (Å²) in [5, 5.41) is 0. The van der Waals surface area contributed by atoms with Crippen molar-refractivity contribution >= 4 is 5.91 Å². The number of carbonyl (C=O) groups excluding carboxylic acids is 1. The zero-order valence-electron chi connectivity index (χ0n) is 12.9. The molecule has 6 nitrogen and oxygen atoms in total. The van der Waals surface area contributed by atoms with E-state index >= 15 is 0 Å². The van der Waals surface area contributed by atoms with Gasteiger partial charge in [0, 0.05) is 39.3 Å². The molecule has 1 unspecified atom stereocenters. The van der Waals surface area contributed by atoms with E-state index in [9.17, 15) is 4.79 Å². The number of nitrogens with zero attached hydrogens (tertiary/aromatic N) is 2. The van der Waals surface area contributed by atoms with Crippen LogP contribution in [0.4, 0.5) is 0 Å². The molecule has 0 radical (unpaired) electrons. The number of methoxy groups -OCH3 is 1. The van der Waals surface area contributed by atoms with Crippen LogP contribution in [0.2, 0.25) is 0 Å². The Balaban J connectivity index is 1.50. The lowest BCUT2D eigenvalue weighted by atomic mass is 9.87. The Morgan fingerprint density at radius 3 is 2.62 bits per heavy atom. The number of piperidine rings is 1. The summed E-state index contributed by atoms with van der Waals surface area (Å²) in [6.45, 7) is 6.29. The molecule has 3 fully saturated rings. The predicted octanol–water partition coefficient (Wildman–Crippen LogP) is 0.115. The SMILES string of the molecule is COCC(=O)N1CCC2(CC1)CC(N1CCOCC1)CO2. The molecule has 1 atom stereocenters. The van der Waals surface area contributed by atoms with Crippen molar-refractivity contribution in [1.29, 1.82) is 0 Å². The molecule has 3 saturated heterocycles. The van der Waals surface area contributed by atoms with Crippen molar-refractivity contribution in [1.82, 2.24) is 9.80 Å². The lowest BCUT2D eigenvalue weighted by Crippen LogP contribution is -2.48.